The molecule has 0 fully saturated rings. The third-order valence-electron chi connectivity index (χ3n) is 0. The topological polar surface area (TPSA) is 0 Å². The fourth-order valence-corrected chi connectivity index (χ4v) is 0. The molecule has 0 aliphatic heterocycles. The molecule has 0 rings (SSSR count). The zero-order chi connectivity index (χ0) is 4.50. The van der Waals surface area contributed by atoms with E-state index in [1.54, 1.807) is 0 Å². The summed E-state index contributed by atoms with van der Waals surface area (Å²) in [7, 11) is 2.72. The quantitative estimate of drug-likeness (QED) is 0.315. The zero-order valence-corrected chi connectivity index (χ0v) is 6.23. The SMILES string of the molecule is CC(C)(C)P.[Li]. The van der Waals surface area contributed by atoms with Gasteiger partial charge in [0.2, 0.25) is 0 Å². The molecule has 0 aliphatic carbocycles. The zero-order valence-electron chi connectivity index (χ0n) is 5.08. The van der Waals surface area contributed by atoms with Gasteiger partial charge in [0.15, 0.2) is 0 Å². The van der Waals surface area contributed by atoms with Crippen molar-refractivity contribution in [2.24, 2.45) is 0 Å². The van der Waals surface area contributed by atoms with E-state index in [1.807, 2.05) is 0 Å². The smallest absolute Gasteiger partial charge is 0 e. The van der Waals surface area contributed by atoms with Gasteiger partial charge in [0.1, 0.15) is 0 Å². The van der Waals surface area contributed by atoms with Crippen LogP contribution < -0.4 is 0 Å². The first-order chi connectivity index (χ1) is 2.00. The van der Waals surface area contributed by atoms with Crippen molar-refractivity contribution >= 4 is 28.1 Å². The van der Waals surface area contributed by atoms with Crippen molar-refractivity contribution < 1.29 is 0 Å². The van der Waals surface area contributed by atoms with Gasteiger partial charge in [0.05, 0.1) is 0 Å². The third kappa shape index (κ3) is 77.3. The van der Waals surface area contributed by atoms with Crippen LogP contribution in [0, 0.1) is 0 Å². The van der Waals surface area contributed by atoms with Gasteiger partial charge in [-0.15, -0.1) is 9.24 Å². The van der Waals surface area contributed by atoms with Crippen molar-refractivity contribution in [2.45, 2.75) is 25.9 Å². The van der Waals surface area contributed by atoms with E-state index >= 15 is 0 Å². The van der Waals surface area contributed by atoms with E-state index in [1.165, 1.54) is 0 Å². The normalized spacial score (nSPS) is 10.0. The van der Waals surface area contributed by atoms with Gasteiger partial charge in [-0.3, -0.25) is 0 Å². The Morgan fingerprint density at radius 3 is 1.17 bits per heavy atom. The van der Waals surface area contributed by atoms with Crippen LogP contribution in [0.25, 0.3) is 0 Å². The summed E-state index contributed by atoms with van der Waals surface area (Å²) in [6, 6.07) is 0. The minimum atomic E-state index is 0. The Bertz CT molecular complexity index is 23.0. The van der Waals surface area contributed by atoms with E-state index < -0.39 is 0 Å². The first kappa shape index (κ1) is 10.1. The first-order valence-electron chi connectivity index (χ1n) is 1.79. The molecule has 0 aromatic rings. The van der Waals surface area contributed by atoms with E-state index in [0.29, 0.717) is 5.16 Å². The number of hydrogen-bond acceptors (Lipinski definition) is 0. The second-order valence-electron chi connectivity index (χ2n) is 2.37. The van der Waals surface area contributed by atoms with E-state index in [9.17, 15) is 0 Å². The fourth-order valence-electron chi connectivity index (χ4n) is 0. The van der Waals surface area contributed by atoms with Crippen molar-refractivity contribution in [3.8, 4) is 0 Å². The molecule has 6 heavy (non-hydrogen) atoms. The molecule has 0 spiro atoms. The van der Waals surface area contributed by atoms with E-state index in [4.69, 9.17) is 0 Å². The second kappa shape index (κ2) is 3.08. The van der Waals surface area contributed by atoms with Crippen molar-refractivity contribution in [3.63, 3.8) is 0 Å². The molecular weight excluding hydrogens is 86.0 g/mol. The monoisotopic (exact) mass is 97.1 g/mol. The van der Waals surface area contributed by atoms with Gasteiger partial charge in [0.25, 0.3) is 0 Å². The van der Waals surface area contributed by atoms with Crippen LogP contribution in [0.1, 0.15) is 20.8 Å². The van der Waals surface area contributed by atoms with Crippen molar-refractivity contribution in [1.82, 2.24) is 0 Å². The molecule has 0 aromatic carbocycles. The predicted molar refractivity (Wildman–Crippen MR) is 35.2 cm³/mol. The van der Waals surface area contributed by atoms with Crippen LogP contribution in [0.15, 0.2) is 0 Å². The van der Waals surface area contributed by atoms with Crippen molar-refractivity contribution in [1.29, 1.82) is 0 Å². The molecule has 0 bridgehead atoms. The van der Waals surface area contributed by atoms with Gasteiger partial charge in [-0.1, -0.05) is 20.8 Å². The van der Waals surface area contributed by atoms with Crippen LogP contribution >= 0.6 is 9.24 Å². The maximum Gasteiger partial charge on any atom is 0 e. The van der Waals surface area contributed by atoms with Crippen LogP contribution in [0.4, 0.5) is 0 Å². The summed E-state index contributed by atoms with van der Waals surface area (Å²) in [5.74, 6) is 0. The van der Waals surface area contributed by atoms with Crippen molar-refractivity contribution in [3.05, 3.63) is 0 Å². The minimum Gasteiger partial charge on any atom is -0.132 e. The Balaban J connectivity index is 0. The average molecular weight is 97.0 g/mol. The Morgan fingerprint density at radius 2 is 1.17 bits per heavy atom. The minimum absolute atomic E-state index is 0. The summed E-state index contributed by atoms with van der Waals surface area (Å²) < 4.78 is 0. The van der Waals surface area contributed by atoms with Crippen molar-refractivity contribution in [2.75, 3.05) is 0 Å². The van der Waals surface area contributed by atoms with E-state index in [-0.39, 0.29) is 18.9 Å². The van der Waals surface area contributed by atoms with Gasteiger partial charge in [-0.05, 0) is 5.16 Å². The maximum absolute atomic E-state index is 2.72. The van der Waals surface area contributed by atoms with Crippen LogP contribution in [0.5, 0.6) is 0 Å². The van der Waals surface area contributed by atoms with Crippen LogP contribution in [0.2, 0.25) is 0 Å². The Morgan fingerprint density at radius 1 is 1.17 bits per heavy atom. The predicted octanol–water partition coefficient (Wildman–Crippen LogP) is 1.28. The van der Waals surface area contributed by atoms with Crippen LogP contribution in [0.3, 0.4) is 0 Å². The molecule has 1 unspecified atom stereocenters. The van der Waals surface area contributed by atoms with Gasteiger partial charge in [-0.25, -0.2) is 0 Å². The second-order valence-corrected chi connectivity index (χ2v) is 4.10. The Hall–Kier alpha value is 1.03. The molecule has 1 atom stereocenters. The summed E-state index contributed by atoms with van der Waals surface area (Å²) in [6.07, 6.45) is 0. The average Bonchev–Trinajstić information content (AvgIpc) is 0.722. The largest absolute Gasteiger partial charge is 0.132 e. The van der Waals surface area contributed by atoms with Crippen LogP contribution in [-0.4, -0.2) is 24.0 Å². The third-order valence-corrected chi connectivity index (χ3v) is 0. The van der Waals surface area contributed by atoms with Gasteiger partial charge in [-0.2, -0.15) is 0 Å². The van der Waals surface area contributed by atoms with E-state index in [2.05, 4.69) is 30.0 Å². The molecule has 0 saturated carbocycles. The number of rotatable bonds is 0. The number of hydrogen-bond donors (Lipinski definition) is 0. The maximum atomic E-state index is 2.72. The molecule has 0 aliphatic rings. The molecule has 2 heteroatoms. The molecule has 0 nitrogen and oxygen atoms in total. The molecule has 0 saturated heterocycles. The fraction of sp³-hybridized carbons (Fsp3) is 1.00. The first-order valence-corrected chi connectivity index (χ1v) is 2.37. The molecule has 0 amide bonds. The molecular formula is C4H11LiP. The van der Waals surface area contributed by atoms with E-state index in [0.717, 1.165) is 0 Å². The Labute approximate surface area is 54.5 Å². The van der Waals surface area contributed by atoms with Gasteiger partial charge < -0.3 is 0 Å². The molecule has 0 aromatic heterocycles. The van der Waals surface area contributed by atoms with Gasteiger partial charge >= 0.3 is 0 Å². The standard InChI is InChI=1S/C4H11P.Li/c1-4(2,3)5;/h5H2,1-3H3;. The summed E-state index contributed by atoms with van der Waals surface area (Å²) in [6.45, 7) is 6.45. The molecule has 1 radical (unpaired) electrons. The summed E-state index contributed by atoms with van der Waals surface area (Å²) in [5.41, 5.74) is 0. The molecule has 0 N–H and O–H groups in total. The van der Waals surface area contributed by atoms with Crippen LogP contribution in [-0.2, 0) is 0 Å². The summed E-state index contributed by atoms with van der Waals surface area (Å²) in [4.78, 5) is 0. The summed E-state index contributed by atoms with van der Waals surface area (Å²) >= 11 is 0. The molecule has 33 valence electrons. The summed E-state index contributed by atoms with van der Waals surface area (Å²) in [5, 5.41) is 0.417. The van der Waals surface area contributed by atoms with Gasteiger partial charge in [0, 0.05) is 18.9 Å². The molecule has 0 heterocycles. The Kier molecular flexibility index (Phi) is 5.19.